The Labute approximate surface area is 107 Å². The predicted octanol–water partition coefficient (Wildman–Crippen LogP) is 2.52. The third-order valence-corrected chi connectivity index (χ3v) is 3.78. The second kappa shape index (κ2) is 5.76. The van der Waals surface area contributed by atoms with Gasteiger partial charge in [0.1, 0.15) is 11.6 Å². The van der Waals surface area contributed by atoms with Crippen molar-refractivity contribution >= 4 is 0 Å². The SMILES string of the molecule is CC(N)C1CCN(Cc2cc(F)ccc2F)CC1. The molecule has 0 aliphatic carbocycles. The van der Waals surface area contributed by atoms with E-state index in [1.807, 2.05) is 6.92 Å². The largest absolute Gasteiger partial charge is 0.328 e. The van der Waals surface area contributed by atoms with Gasteiger partial charge in [0.05, 0.1) is 0 Å². The molecule has 1 aliphatic heterocycles. The molecule has 1 aromatic carbocycles. The molecule has 4 heteroatoms. The highest BCUT2D eigenvalue weighted by molar-refractivity contribution is 5.18. The molecule has 1 fully saturated rings. The van der Waals surface area contributed by atoms with Crippen LogP contribution < -0.4 is 5.73 Å². The van der Waals surface area contributed by atoms with Crippen molar-refractivity contribution in [2.75, 3.05) is 13.1 Å². The molecule has 0 saturated carbocycles. The first-order valence-electron chi connectivity index (χ1n) is 6.48. The Hall–Kier alpha value is -1.00. The fourth-order valence-corrected chi connectivity index (χ4v) is 2.54. The van der Waals surface area contributed by atoms with Crippen LogP contribution in [0.25, 0.3) is 0 Å². The fraction of sp³-hybridized carbons (Fsp3) is 0.571. The molecule has 1 heterocycles. The number of likely N-dealkylation sites (tertiary alicyclic amines) is 1. The summed E-state index contributed by atoms with van der Waals surface area (Å²) in [5, 5.41) is 0. The third kappa shape index (κ3) is 3.27. The lowest BCUT2D eigenvalue weighted by molar-refractivity contribution is 0.164. The van der Waals surface area contributed by atoms with Crippen LogP contribution in [0.1, 0.15) is 25.3 Å². The number of nitrogens with two attached hydrogens (primary N) is 1. The Morgan fingerprint density at radius 1 is 1.33 bits per heavy atom. The van der Waals surface area contributed by atoms with Crippen LogP contribution in [-0.2, 0) is 6.54 Å². The molecular formula is C14H20F2N2. The van der Waals surface area contributed by atoms with Gasteiger partial charge in [-0.15, -0.1) is 0 Å². The summed E-state index contributed by atoms with van der Waals surface area (Å²) in [6.07, 6.45) is 2.07. The number of benzene rings is 1. The first kappa shape index (κ1) is 13.4. The molecule has 1 atom stereocenters. The van der Waals surface area contributed by atoms with Gasteiger partial charge in [-0.2, -0.15) is 0 Å². The molecule has 2 nitrogen and oxygen atoms in total. The molecule has 1 saturated heterocycles. The summed E-state index contributed by atoms with van der Waals surface area (Å²) in [5.41, 5.74) is 6.32. The van der Waals surface area contributed by atoms with E-state index in [9.17, 15) is 8.78 Å². The van der Waals surface area contributed by atoms with E-state index in [2.05, 4.69) is 4.90 Å². The van der Waals surface area contributed by atoms with Gasteiger partial charge in [0.15, 0.2) is 0 Å². The van der Waals surface area contributed by atoms with Crippen LogP contribution in [0.4, 0.5) is 8.78 Å². The summed E-state index contributed by atoms with van der Waals surface area (Å²) in [4.78, 5) is 2.16. The van der Waals surface area contributed by atoms with Crippen molar-refractivity contribution < 1.29 is 8.78 Å². The van der Waals surface area contributed by atoms with E-state index in [0.29, 0.717) is 18.0 Å². The molecule has 0 spiro atoms. The maximum atomic E-state index is 13.5. The quantitative estimate of drug-likeness (QED) is 0.898. The standard InChI is InChI=1S/C14H20F2N2/c1-10(17)11-4-6-18(7-5-11)9-12-8-13(15)2-3-14(12)16/h2-3,8,10-11H,4-7,9,17H2,1H3. The minimum absolute atomic E-state index is 0.220. The lowest BCUT2D eigenvalue weighted by Gasteiger charge is -2.33. The molecule has 18 heavy (non-hydrogen) atoms. The van der Waals surface area contributed by atoms with Crippen LogP contribution in [0.5, 0.6) is 0 Å². The third-order valence-electron chi connectivity index (χ3n) is 3.78. The molecule has 0 radical (unpaired) electrons. The predicted molar refractivity (Wildman–Crippen MR) is 68.0 cm³/mol. The molecule has 2 N–H and O–H groups in total. The van der Waals surface area contributed by atoms with E-state index in [1.54, 1.807) is 0 Å². The van der Waals surface area contributed by atoms with E-state index < -0.39 is 0 Å². The smallest absolute Gasteiger partial charge is 0.127 e. The van der Waals surface area contributed by atoms with E-state index in [-0.39, 0.29) is 17.7 Å². The van der Waals surface area contributed by atoms with Crippen molar-refractivity contribution in [1.82, 2.24) is 4.90 Å². The van der Waals surface area contributed by atoms with Crippen molar-refractivity contribution in [3.8, 4) is 0 Å². The summed E-state index contributed by atoms with van der Waals surface area (Å²) in [6.45, 7) is 4.33. The molecular weight excluding hydrogens is 234 g/mol. The Morgan fingerprint density at radius 2 is 2.00 bits per heavy atom. The van der Waals surface area contributed by atoms with Gasteiger partial charge in [0.2, 0.25) is 0 Å². The van der Waals surface area contributed by atoms with Crippen LogP contribution >= 0.6 is 0 Å². The molecule has 1 unspecified atom stereocenters. The highest BCUT2D eigenvalue weighted by atomic mass is 19.1. The highest BCUT2D eigenvalue weighted by Gasteiger charge is 2.22. The van der Waals surface area contributed by atoms with Crippen molar-refractivity contribution in [1.29, 1.82) is 0 Å². The average molecular weight is 254 g/mol. The van der Waals surface area contributed by atoms with Crippen molar-refractivity contribution in [3.63, 3.8) is 0 Å². The monoisotopic (exact) mass is 254 g/mol. The summed E-state index contributed by atoms with van der Waals surface area (Å²) in [7, 11) is 0. The van der Waals surface area contributed by atoms with Gasteiger partial charge in [-0.1, -0.05) is 0 Å². The van der Waals surface area contributed by atoms with Crippen LogP contribution in [0.3, 0.4) is 0 Å². The number of nitrogens with zero attached hydrogens (tertiary/aromatic N) is 1. The second-order valence-electron chi connectivity index (χ2n) is 5.21. The fourth-order valence-electron chi connectivity index (χ4n) is 2.54. The van der Waals surface area contributed by atoms with Gasteiger partial charge >= 0.3 is 0 Å². The molecule has 1 aromatic rings. The van der Waals surface area contributed by atoms with Gasteiger partial charge in [-0.25, -0.2) is 8.78 Å². The van der Waals surface area contributed by atoms with Gasteiger partial charge < -0.3 is 5.73 Å². The zero-order valence-electron chi connectivity index (χ0n) is 10.7. The molecule has 0 aromatic heterocycles. The minimum atomic E-state index is -0.378. The number of hydrogen-bond acceptors (Lipinski definition) is 2. The molecule has 1 aliphatic rings. The summed E-state index contributed by atoms with van der Waals surface area (Å²) < 4.78 is 26.6. The lowest BCUT2D eigenvalue weighted by atomic mass is 9.91. The van der Waals surface area contributed by atoms with Gasteiger partial charge in [-0.3, -0.25) is 4.90 Å². The van der Waals surface area contributed by atoms with Gasteiger partial charge in [-0.05, 0) is 57.0 Å². The Balaban J connectivity index is 1.93. The molecule has 2 rings (SSSR count). The van der Waals surface area contributed by atoms with Gasteiger partial charge in [0.25, 0.3) is 0 Å². The normalized spacial score (nSPS) is 20.0. The van der Waals surface area contributed by atoms with Crippen molar-refractivity contribution in [2.45, 2.75) is 32.4 Å². The Morgan fingerprint density at radius 3 is 2.61 bits per heavy atom. The lowest BCUT2D eigenvalue weighted by Crippen LogP contribution is -2.39. The summed E-state index contributed by atoms with van der Waals surface area (Å²) in [6, 6.07) is 3.85. The van der Waals surface area contributed by atoms with Crippen molar-refractivity contribution in [2.24, 2.45) is 11.7 Å². The van der Waals surface area contributed by atoms with E-state index >= 15 is 0 Å². The van der Waals surface area contributed by atoms with E-state index in [4.69, 9.17) is 5.73 Å². The van der Waals surface area contributed by atoms with Gasteiger partial charge in [0, 0.05) is 18.2 Å². The Bertz CT molecular complexity index is 399. The number of rotatable bonds is 3. The summed E-state index contributed by atoms with van der Waals surface area (Å²) >= 11 is 0. The minimum Gasteiger partial charge on any atom is -0.328 e. The van der Waals surface area contributed by atoms with Crippen LogP contribution in [0.15, 0.2) is 18.2 Å². The van der Waals surface area contributed by atoms with Crippen LogP contribution in [0, 0.1) is 17.6 Å². The maximum absolute atomic E-state index is 13.5. The second-order valence-corrected chi connectivity index (χ2v) is 5.21. The Kier molecular flexibility index (Phi) is 4.30. The number of piperidine rings is 1. The average Bonchev–Trinajstić information content (AvgIpc) is 2.34. The number of halogens is 2. The highest BCUT2D eigenvalue weighted by Crippen LogP contribution is 2.22. The van der Waals surface area contributed by atoms with Crippen molar-refractivity contribution in [3.05, 3.63) is 35.4 Å². The molecule has 100 valence electrons. The van der Waals surface area contributed by atoms with E-state index in [0.717, 1.165) is 32.0 Å². The maximum Gasteiger partial charge on any atom is 0.127 e. The van der Waals surface area contributed by atoms with Crippen LogP contribution in [0.2, 0.25) is 0 Å². The zero-order valence-corrected chi connectivity index (χ0v) is 10.7. The molecule has 0 amide bonds. The first-order chi connectivity index (χ1) is 8.56. The van der Waals surface area contributed by atoms with E-state index in [1.165, 1.54) is 12.1 Å². The first-order valence-corrected chi connectivity index (χ1v) is 6.48. The molecule has 0 bridgehead atoms. The zero-order chi connectivity index (χ0) is 13.1. The van der Waals surface area contributed by atoms with Crippen LogP contribution in [-0.4, -0.2) is 24.0 Å². The summed E-state index contributed by atoms with van der Waals surface area (Å²) in [5.74, 6) is -0.152. The topological polar surface area (TPSA) is 29.3 Å². The number of hydrogen-bond donors (Lipinski definition) is 1.